The number of methoxy groups -OCH3 is 3. The van der Waals surface area contributed by atoms with E-state index in [1.54, 1.807) is 79.9 Å². The monoisotopic (exact) mass is 819 g/mol. The Morgan fingerprint density at radius 3 is 1.78 bits per heavy atom. The molecule has 4 aromatic carbocycles. The van der Waals surface area contributed by atoms with Crippen molar-refractivity contribution in [1.29, 1.82) is 5.41 Å². The quantitative estimate of drug-likeness (QED) is 0.0703. The fourth-order valence-electron chi connectivity index (χ4n) is 7.49. The first-order chi connectivity index (χ1) is 27.8. The van der Waals surface area contributed by atoms with Crippen molar-refractivity contribution in [3.63, 3.8) is 0 Å². The zero-order valence-electron chi connectivity index (χ0n) is 32.7. The second-order valence-corrected chi connectivity index (χ2v) is 16.5. The van der Waals surface area contributed by atoms with Gasteiger partial charge in [-0.1, -0.05) is 55.3 Å². The number of nitrogens with zero attached hydrogens (tertiary/aromatic N) is 5. The first-order valence-electron chi connectivity index (χ1n) is 19.0. The predicted molar refractivity (Wildman–Crippen MR) is 213 cm³/mol. The largest absolute Gasteiger partial charge is 0.497 e. The van der Waals surface area contributed by atoms with Crippen LogP contribution in [0.5, 0.6) is 17.2 Å². The molecule has 0 unspecified atom stereocenters. The van der Waals surface area contributed by atoms with Gasteiger partial charge in [0.15, 0.2) is 0 Å². The van der Waals surface area contributed by atoms with E-state index in [0.29, 0.717) is 52.7 Å². The number of hydrogen-bond donors (Lipinski definition) is 2. The van der Waals surface area contributed by atoms with Gasteiger partial charge in [-0.3, -0.25) is 5.41 Å². The number of nitrogens with two attached hydrogens (primary N) is 1. The predicted octanol–water partition coefficient (Wildman–Crippen LogP) is 7.89. The van der Waals surface area contributed by atoms with Gasteiger partial charge in [0.05, 0.1) is 39.3 Å². The number of tetrazole rings is 1. The van der Waals surface area contributed by atoms with Gasteiger partial charge in [-0.15, -0.1) is 10.2 Å². The number of benzene rings is 4. The molecule has 0 spiro atoms. The lowest BCUT2D eigenvalue weighted by Crippen LogP contribution is -2.32. The number of sulfonamides is 1. The molecule has 1 aliphatic rings. The molecular weight excluding hydrogens is 772 g/mol. The molecule has 308 valence electrons. The Hall–Kier alpha value is -5.48. The molecule has 5 aromatic rings. The van der Waals surface area contributed by atoms with Gasteiger partial charge in [0, 0.05) is 25.1 Å². The van der Waals surface area contributed by atoms with Gasteiger partial charge < -0.3 is 19.9 Å². The molecule has 3 N–H and O–H groups in total. The maximum Gasteiger partial charge on any atom is 0.417 e. The summed E-state index contributed by atoms with van der Waals surface area (Å²) in [5.41, 5.74) is 6.32. The van der Waals surface area contributed by atoms with Crippen LogP contribution in [0.25, 0.3) is 11.4 Å². The third kappa shape index (κ3) is 10.3. The van der Waals surface area contributed by atoms with Crippen LogP contribution in [0.15, 0.2) is 89.8 Å². The van der Waals surface area contributed by atoms with E-state index in [-0.39, 0.29) is 49.2 Å². The molecule has 1 aromatic heterocycles. The average Bonchev–Trinajstić information content (AvgIpc) is 3.68. The number of halogens is 3. The molecule has 0 aliphatic heterocycles. The summed E-state index contributed by atoms with van der Waals surface area (Å²) in [6.45, 7) is -0.376. The summed E-state index contributed by atoms with van der Waals surface area (Å²) >= 11 is 0. The number of aromatic nitrogens is 4. The smallest absolute Gasteiger partial charge is 0.417 e. The molecule has 1 aliphatic carbocycles. The highest BCUT2D eigenvalue weighted by Crippen LogP contribution is 2.43. The molecule has 0 radical (unpaired) electrons. The average molecular weight is 820 g/mol. The van der Waals surface area contributed by atoms with Crippen molar-refractivity contribution in [2.45, 2.75) is 75.7 Å². The Labute approximate surface area is 336 Å². The van der Waals surface area contributed by atoms with E-state index in [9.17, 15) is 0 Å². The molecule has 6 rings (SSSR count). The Morgan fingerprint density at radius 2 is 1.29 bits per heavy atom. The third-order valence-corrected chi connectivity index (χ3v) is 12.5. The summed E-state index contributed by atoms with van der Waals surface area (Å²) in [4.78, 5) is 0.314. The van der Waals surface area contributed by atoms with Crippen molar-refractivity contribution < 1.29 is 35.8 Å². The molecule has 12 nitrogen and oxygen atoms in total. The van der Waals surface area contributed by atoms with Crippen LogP contribution in [0.3, 0.4) is 0 Å². The molecule has 0 saturated heterocycles. The molecule has 58 heavy (non-hydrogen) atoms. The Balaban J connectivity index is 1.46. The van der Waals surface area contributed by atoms with Crippen molar-refractivity contribution in [3.05, 3.63) is 113 Å². The summed E-state index contributed by atoms with van der Waals surface area (Å²) in [5, 5.41) is 20.6. The van der Waals surface area contributed by atoms with Crippen LogP contribution in [-0.2, 0) is 42.3 Å². The molecule has 0 atom stereocenters. The van der Waals surface area contributed by atoms with Gasteiger partial charge >= 0.3 is 6.18 Å². The summed E-state index contributed by atoms with van der Waals surface area (Å²) in [7, 11) is -0.420. The van der Waals surface area contributed by atoms with E-state index >= 15 is 21.6 Å². The minimum absolute atomic E-state index is 0.123. The summed E-state index contributed by atoms with van der Waals surface area (Å²) < 4.78 is 93.1. The second kappa shape index (κ2) is 18.4. The molecule has 0 bridgehead atoms. The number of rotatable bonds is 17. The van der Waals surface area contributed by atoms with Gasteiger partial charge in [-0.25, -0.2) is 8.42 Å². The van der Waals surface area contributed by atoms with E-state index in [1.807, 2.05) is 0 Å². The van der Waals surface area contributed by atoms with Crippen molar-refractivity contribution >= 4 is 15.9 Å². The number of nitrogens with one attached hydrogen (secondary N) is 1. The van der Waals surface area contributed by atoms with Gasteiger partial charge in [-0.2, -0.15) is 22.3 Å². The highest BCUT2D eigenvalue weighted by Gasteiger charge is 2.43. The Kier molecular flexibility index (Phi) is 13.4. The molecule has 1 fully saturated rings. The molecule has 1 heterocycles. The normalized spacial score (nSPS) is 16.0. The lowest BCUT2D eigenvalue weighted by atomic mass is 9.78. The second-order valence-electron chi connectivity index (χ2n) is 14.6. The van der Waals surface area contributed by atoms with E-state index in [0.717, 1.165) is 41.6 Å². The zero-order chi connectivity index (χ0) is 41.5. The number of amidine groups is 1. The summed E-state index contributed by atoms with van der Waals surface area (Å²) in [5.74, 6) is 2.22. The van der Waals surface area contributed by atoms with E-state index < -0.39 is 26.7 Å². The number of ether oxygens (including phenoxy) is 3. The maximum atomic E-state index is 15.2. The van der Waals surface area contributed by atoms with E-state index in [1.165, 1.54) is 25.1 Å². The Bertz CT molecular complexity index is 2210. The standard InChI is InChI=1S/C42H48F3N7O5S/c1-55-34-17-9-30(10-18-34)25-51(26-31-11-19-35(56-2)20-12-31)58(53,54)40-37(42(43,44)45)23-16-33(15-8-28-4-6-29(7-5-28)24-38(46)47)39(40)41-48-50-52(49-41)27-32-13-21-36(57-3)22-14-32/h9-14,16-23,28-29H,4-8,15,24-27H2,1-3H3,(H3,46,47). The minimum atomic E-state index is -5.06. The third-order valence-electron chi connectivity index (χ3n) is 10.6. The van der Waals surface area contributed by atoms with Crippen LogP contribution in [0, 0.1) is 17.2 Å². The van der Waals surface area contributed by atoms with Crippen LogP contribution < -0.4 is 19.9 Å². The summed E-state index contributed by atoms with van der Waals surface area (Å²) in [6.07, 6.45) is -0.130. The van der Waals surface area contributed by atoms with Crippen LogP contribution in [0.2, 0.25) is 0 Å². The van der Waals surface area contributed by atoms with Crippen molar-refractivity contribution in [2.75, 3.05) is 21.3 Å². The number of alkyl halides is 3. The highest BCUT2D eigenvalue weighted by molar-refractivity contribution is 7.89. The van der Waals surface area contributed by atoms with Crippen LogP contribution >= 0.6 is 0 Å². The maximum absolute atomic E-state index is 15.2. The fraction of sp³-hybridized carbons (Fsp3) is 0.381. The lowest BCUT2D eigenvalue weighted by Gasteiger charge is -2.29. The number of hydrogen-bond acceptors (Lipinski definition) is 9. The van der Waals surface area contributed by atoms with Crippen molar-refractivity contribution in [3.8, 4) is 28.6 Å². The van der Waals surface area contributed by atoms with Gasteiger partial charge in [0.25, 0.3) is 0 Å². The molecule has 16 heteroatoms. The highest BCUT2D eigenvalue weighted by atomic mass is 32.2. The topological polar surface area (TPSA) is 159 Å². The van der Waals surface area contributed by atoms with E-state index in [4.69, 9.17) is 25.4 Å². The lowest BCUT2D eigenvalue weighted by molar-refractivity contribution is -0.139. The van der Waals surface area contributed by atoms with Gasteiger partial charge in [0.1, 0.15) is 22.1 Å². The van der Waals surface area contributed by atoms with Crippen molar-refractivity contribution in [1.82, 2.24) is 24.5 Å². The Morgan fingerprint density at radius 1 is 0.793 bits per heavy atom. The van der Waals surface area contributed by atoms with Crippen LogP contribution in [-0.4, -0.2) is 60.1 Å². The van der Waals surface area contributed by atoms with Gasteiger partial charge in [0.2, 0.25) is 15.8 Å². The van der Waals surface area contributed by atoms with Gasteiger partial charge in [-0.05, 0) is 107 Å². The van der Waals surface area contributed by atoms with Crippen LogP contribution in [0.1, 0.15) is 66.3 Å². The number of aryl methyl sites for hydroxylation is 1. The SMILES string of the molecule is COc1ccc(CN(Cc2ccc(OC)cc2)S(=O)(=O)c2c(C(F)(F)F)ccc(CCC3CCC(CC(=N)N)CC3)c2-c2nnn(Cc3ccc(OC)cc3)n2)cc1. The van der Waals surface area contributed by atoms with E-state index in [2.05, 4.69) is 15.4 Å². The molecular formula is C42H48F3N7O5S. The first kappa shape index (κ1) is 42.1. The molecule has 0 amide bonds. The zero-order valence-corrected chi connectivity index (χ0v) is 33.5. The fourth-order valence-corrected chi connectivity index (χ4v) is 9.33. The summed E-state index contributed by atoms with van der Waals surface area (Å²) in [6, 6.07) is 22.7. The van der Waals surface area contributed by atoms with Crippen LogP contribution in [0.4, 0.5) is 13.2 Å². The molecule has 1 saturated carbocycles. The van der Waals surface area contributed by atoms with Crippen molar-refractivity contribution in [2.24, 2.45) is 17.6 Å². The first-order valence-corrected chi connectivity index (χ1v) is 20.4. The minimum Gasteiger partial charge on any atom is -0.497 e.